The molecular weight excluding hydrogens is 424 g/mol. The molecule has 1 aromatic heterocycles. The van der Waals surface area contributed by atoms with Crippen LogP contribution in [0.1, 0.15) is 71.4 Å². The van der Waals surface area contributed by atoms with E-state index in [9.17, 15) is 4.79 Å². The van der Waals surface area contributed by atoms with E-state index in [1.807, 2.05) is 30.3 Å². The number of hydrogen-bond donors (Lipinski definition) is 0. The Labute approximate surface area is 202 Å². The molecule has 0 aliphatic heterocycles. The van der Waals surface area contributed by atoms with Gasteiger partial charge in [0.1, 0.15) is 5.52 Å². The van der Waals surface area contributed by atoms with Gasteiger partial charge in [-0.25, -0.2) is 9.83 Å². The van der Waals surface area contributed by atoms with Crippen LogP contribution in [0, 0.1) is 12.5 Å². The van der Waals surface area contributed by atoms with E-state index in [0.29, 0.717) is 18.4 Å². The van der Waals surface area contributed by atoms with E-state index in [-0.39, 0.29) is 11.1 Å². The van der Waals surface area contributed by atoms with Gasteiger partial charge in [0.15, 0.2) is 5.58 Å². The van der Waals surface area contributed by atoms with E-state index in [4.69, 9.17) is 15.7 Å². The standard InChI is InChI=1S/C29H34N2O3/c1-7-9-10-20(8-2)19-33-28(32)25(30-6)17-21-11-13-22(14-12-21)27-31-24-18-23(29(3,4)5)15-16-26(24)34-27/h11-18,20H,7-10,19H2,1-5H3. The number of aromatic nitrogens is 1. The first-order valence-corrected chi connectivity index (χ1v) is 12.0. The van der Waals surface area contributed by atoms with Crippen LogP contribution in [-0.4, -0.2) is 17.6 Å². The summed E-state index contributed by atoms with van der Waals surface area (Å²) < 4.78 is 11.4. The molecule has 3 rings (SSSR count). The van der Waals surface area contributed by atoms with Gasteiger partial charge in [-0.3, -0.25) is 4.79 Å². The van der Waals surface area contributed by atoms with E-state index in [1.165, 1.54) is 5.56 Å². The molecule has 3 aromatic rings. The normalized spacial score (nSPS) is 13.0. The Bertz CT molecular complexity index is 1190. The SMILES string of the molecule is [C-]#[N+]C(=Cc1ccc(-c2nc3cc(C(C)(C)C)ccc3o2)cc1)C(=O)OCC(CC)CCCC. The smallest absolute Gasteiger partial charge is 0.336 e. The Balaban J connectivity index is 1.72. The molecule has 0 bridgehead atoms. The topological polar surface area (TPSA) is 56.7 Å². The molecule has 1 heterocycles. The van der Waals surface area contributed by atoms with Crippen LogP contribution in [0.5, 0.6) is 0 Å². The second-order valence-electron chi connectivity index (χ2n) is 9.73. The van der Waals surface area contributed by atoms with Crippen LogP contribution in [0.15, 0.2) is 52.6 Å². The lowest BCUT2D eigenvalue weighted by molar-refractivity contribution is -0.140. The van der Waals surface area contributed by atoms with Gasteiger partial charge in [-0.1, -0.05) is 72.1 Å². The molecule has 0 amide bonds. The Morgan fingerprint density at radius 2 is 1.91 bits per heavy atom. The first-order chi connectivity index (χ1) is 16.2. The zero-order valence-corrected chi connectivity index (χ0v) is 20.9. The number of carbonyl (C=O) groups is 1. The molecule has 0 aliphatic rings. The van der Waals surface area contributed by atoms with Gasteiger partial charge in [0, 0.05) is 5.56 Å². The van der Waals surface area contributed by atoms with Crippen molar-refractivity contribution in [2.75, 3.05) is 6.61 Å². The summed E-state index contributed by atoms with van der Waals surface area (Å²) in [5, 5.41) is 0. The Morgan fingerprint density at radius 1 is 1.18 bits per heavy atom. The van der Waals surface area contributed by atoms with E-state index >= 15 is 0 Å². The van der Waals surface area contributed by atoms with Crippen LogP contribution in [-0.2, 0) is 14.9 Å². The van der Waals surface area contributed by atoms with Gasteiger partial charge >= 0.3 is 5.97 Å². The second kappa shape index (κ2) is 11.2. The van der Waals surface area contributed by atoms with Crippen LogP contribution in [0.3, 0.4) is 0 Å². The fourth-order valence-corrected chi connectivity index (χ4v) is 3.70. The van der Waals surface area contributed by atoms with Crippen molar-refractivity contribution < 1.29 is 13.9 Å². The number of oxazole rings is 1. The Hall–Kier alpha value is -3.39. The fourth-order valence-electron chi connectivity index (χ4n) is 3.70. The van der Waals surface area contributed by atoms with Crippen molar-refractivity contribution in [2.45, 2.75) is 65.7 Å². The number of hydrogen-bond acceptors (Lipinski definition) is 4. The number of unbranched alkanes of at least 4 members (excludes halogenated alkanes) is 1. The van der Waals surface area contributed by atoms with Gasteiger partial charge in [0.05, 0.1) is 13.2 Å². The highest BCUT2D eigenvalue weighted by Crippen LogP contribution is 2.29. The minimum atomic E-state index is -0.567. The van der Waals surface area contributed by atoms with Gasteiger partial charge in [-0.15, -0.1) is 0 Å². The number of rotatable bonds is 9. The van der Waals surface area contributed by atoms with Crippen LogP contribution < -0.4 is 0 Å². The number of ether oxygens (including phenoxy) is 1. The predicted molar refractivity (Wildman–Crippen MR) is 137 cm³/mol. The maximum absolute atomic E-state index is 12.4. The summed E-state index contributed by atoms with van der Waals surface area (Å²) in [5.41, 5.74) is 4.37. The highest BCUT2D eigenvalue weighted by atomic mass is 16.5. The molecule has 178 valence electrons. The molecule has 0 N–H and O–H groups in total. The summed E-state index contributed by atoms with van der Waals surface area (Å²) in [4.78, 5) is 20.5. The van der Waals surface area contributed by atoms with Crippen molar-refractivity contribution in [1.82, 2.24) is 4.98 Å². The lowest BCUT2D eigenvalue weighted by Gasteiger charge is -2.18. The zero-order chi connectivity index (χ0) is 24.7. The van der Waals surface area contributed by atoms with E-state index < -0.39 is 5.97 Å². The highest BCUT2D eigenvalue weighted by Gasteiger charge is 2.17. The first-order valence-electron chi connectivity index (χ1n) is 12.0. The molecule has 0 fully saturated rings. The molecule has 5 nitrogen and oxygen atoms in total. The Kier molecular flexibility index (Phi) is 8.28. The van der Waals surface area contributed by atoms with Gasteiger partial charge in [-0.2, -0.15) is 0 Å². The minimum absolute atomic E-state index is 0.0188. The summed E-state index contributed by atoms with van der Waals surface area (Å²) >= 11 is 0. The maximum Gasteiger partial charge on any atom is 0.336 e. The maximum atomic E-state index is 12.4. The first kappa shape index (κ1) is 25.2. The van der Waals surface area contributed by atoms with E-state index in [2.05, 4.69) is 56.6 Å². The lowest BCUT2D eigenvalue weighted by atomic mass is 9.87. The summed E-state index contributed by atoms with van der Waals surface area (Å²) in [6, 6.07) is 13.6. The molecule has 0 saturated heterocycles. The molecule has 34 heavy (non-hydrogen) atoms. The van der Waals surface area contributed by atoms with Crippen molar-refractivity contribution in [3.63, 3.8) is 0 Å². The lowest BCUT2D eigenvalue weighted by Crippen LogP contribution is -2.14. The van der Waals surface area contributed by atoms with Gasteiger partial charge in [0.2, 0.25) is 5.89 Å². The van der Waals surface area contributed by atoms with Crippen molar-refractivity contribution in [3.8, 4) is 11.5 Å². The van der Waals surface area contributed by atoms with Crippen molar-refractivity contribution in [2.24, 2.45) is 5.92 Å². The van der Waals surface area contributed by atoms with Gasteiger partial charge in [0.25, 0.3) is 5.70 Å². The largest absolute Gasteiger partial charge is 0.470 e. The van der Waals surface area contributed by atoms with E-state index in [1.54, 1.807) is 6.08 Å². The third kappa shape index (κ3) is 6.35. The molecule has 0 radical (unpaired) electrons. The summed E-state index contributed by atoms with van der Waals surface area (Å²) in [7, 11) is 0. The summed E-state index contributed by atoms with van der Waals surface area (Å²) in [5.74, 6) is 0.313. The quantitative estimate of drug-likeness (QED) is 0.186. The summed E-state index contributed by atoms with van der Waals surface area (Å²) in [6.45, 7) is 18.5. The fraction of sp³-hybridized carbons (Fsp3) is 0.414. The molecule has 5 heteroatoms. The van der Waals surface area contributed by atoms with E-state index in [0.717, 1.165) is 47.9 Å². The average molecular weight is 459 g/mol. The van der Waals surface area contributed by atoms with Gasteiger partial charge < -0.3 is 9.15 Å². The highest BCUT2D eigenvalue weighted by molar-refractivity contribution is 5.95. The molecule has 2 aromatic carbocycles. The van der Waals surface area contributed by atoms with Crippen LogP contribution >= 0.6 is 0 Å². The Morgan fingerprint density at radius 3 is 2.53 bits per heavy atom. The molecule has 0 saturated carbocycles. The second-order valence-corrected chi connectivity index (χ2v) is 9.73. The molecule has 1 atom stereocenters. The number of nitrogens with zero attached hydrogens (tertiary/aromatic N) is 2. The molecule has 0 aliphatic carbocycles. The molecular formula is C29H34N2O3. The number of fused-ring (bicyclic) bond motifs is 1. The number of carbonyl (C=O) groups excluding carboxylic acids is 1. The predicted octanol–water partition coefficient (Wildman–Crippen LogP) is 7.81. The monoisotopic (exact) mass is 458 g/mol. The summed E-state index contributed by atoms with van der Waals surface area (Å²) in [6.07, 6.45) is 5.79. The number of benzene rings is 2. The minimum Gasteiger partial charge on any atom is -0.470 e. The third-order valence-corrected chi connectivity index (χ3v) is 6.04. The van der Waals surface area contributed by atoms with Crippen LogP contribution in [0.4, 0.5) is 0 Å². The average Bonchev–Trinajstić information content (AvgIpc) is 3.26. The van der Waals surface area contributed by atoms with Crippen molar-refractivity contribution in [1.29, 1.82) is 0 Å². The van der Waals surface area contributed by atoms with Crippen molar-refractivity contribution in [3.05, 3.63) is 70.7 Å². The molecule has 0 spiro atoms. The number of esters is 1. The van der Waals surface area contributed by atoms with Gasteiger partial charge in [-0.05, 0) is 59.2 Å². The van der Waals surface area contributed by atoms with Crippen LogP contribution in [0.2, 0.25) is 0 Å². The van der Waals surface area contributed by atoms with Crippen LogP contribution in [0.25, 0.3) is 33.5 Å². The van der Waals surface area contributed by atoms with Crippen molar-refractivity contribution >= 4 is 23.1 Å². The third-order valence-electron chi connectivity index (χ3n) is 6.04. The zero-order valence-electron chi connectivity index (χ0n) is 20.9. The molecule has 1 unspecified atom stereocenters.